The molecule has 2 aliphatic heterocycles. The molecule has 2 aliphatic rings. The van der Waals surface area contributed by atoms with Crippen LogP contribution in [0.25, 0.3) is 0 Å². The van der Waals surface area contributed by atoms with Crippen molar-refractivity contribution in [3.63, 3.8) is 0 Å². The van der Waals surface area contributed by atoms with Gasteiger partial charge in [-0.05, 0) is 59.6 Å². The zero-order chi connectivity index (χ0) is 24.7. The molecular weight excluding hydrogens is 448 g/mol. The Bertz CT molecular complexity index is 1330. The molecule has 0 bridgehead atoms. The fourth-order valence-electron chi connectivity index (χ4n) is 4.80. The molecule has 0 aliphatic carbocycles. The van der Waals surface area contributed by atoms with E-state index in [1.165, 1.54) is 11.1 Å². The van der Waals surface area contributed by atoms with Crippen molar-refractivity contribution in [1.29, 1.82) is 0 Å². The van der Waals surface area contributed by atoms with Crippen LogP contribution in [0.4, 0.5) is 0 Å². The van der Waals surface area contributed by atoms with Gasteiger partial charge in [-0.2, -0.15) is 0 Å². The number of carbonyl (C=O) groups excluding carboxylic acids is 2. The van der Waals surface area contributed by atoms with Crippen molar-refractivity contribution in [2.24, 2.45) is 5.92 Å². The number of para-hydroxylation sites is 2. The first-order valence-electron chi connectivity index (χ1n) is 12.3. The minimum atomic E-state index is -0.145. The molecule has 4 aromatic carbocycles. The van der Waals surface area contributed by atoms with E-state index < -0.39 is 0 Å². The number of carbonyl (C=O) groups is 2. The zero-order valence-electron chi connectivity index (χ0n) is 20.0. The summed E-state index contributed by atoms with van der Waals surface area (Å²) in [5.74, 6) is 1.31. The highest BCUT2D eigenvalue weighted by Crippen LogP contribution is 2.33. The summed E-state index contributed by atoms with van der Waals surface area (Å²) in [7, 11) is 0. The van der Waals surface area contributed by atoms with Gasteiger partial charge in [-0.3, -0.25) is 9.59 Å². The molecule has 0 spiro atoms. The minimum absolute atomic E-state index is 0.0673. The molecule has 0 aromatic heterocycles. The first kappa shape index (κ1) is 23.6. The molecule has 4 nitrogen and oxygen atoms in total. The van der Waals surface area contributed by atoms with E-state index in [9.17, 15) is 9.59 Å². The Morgan fingerprint density at radius 3 is 1.83 bits per heavy atom. The molecule has 0 N–H and O–H groups in total. The number of rotatable bonds is 3. The molecule has 4 heteroatoms. The summed E-state index contributed by atoms with van der Waals surface area (Å²) in [5.41, 5.74) is 4.61. The lowest BCUT2D eigenvalue weighted by Crippen LogP contribution is -2.29. The molecule has 6 rings (SSSR count). The molecule has 2 atom stereocenters. The van der Waals surface area contributed by atoms with Gasteiger partial charge in [-0.1, -0.05) is 97.1 Å². The fourth-order valence-corrected chi connectivity index (χ4v) is 4.80. The molecule has 0 fully saturated rings. The molecule has 36 heavy (non-hydrogen) atoms. The number of hydrogen-bond acceptors (Lipinski definition) is 4. The minimum Gasteiger partial charge on any atom is -0.426 e. The van der Waals surface area contributed by atoms with Gasteiger partial charge in [0, 0.05) is 0 Å². The average Bonchev–Trinajstić information content (AvgIpc) is 3.09. The second kappa shape index (κ2) is 11.0. The number of ether oxygens (including phenoxy) is 2. The van der Waals surface area contributed by atoms with Gasteiger partial charge >= 0.3 is 11.9 Å². The first-order chi connectivity index (χ1) is 17.7. The summed E-state index contributed by atoms with van der Waals surface area (Å²) < 4.78 is 10.7. The molecule has 0 unspecified atom stereocenters. The smallest absolute Gasteiger partial charge is 0.315 e. The molecule has 0 saturated carbocycles. The number of hydrogen-bond donors (Lipinski definition) is 0. The maximum Gasteiger partial charge on any atom is 0.315 e. The van der Waals surface area contributed by atoms with Crippen LogP contribution in [0.1, 0.15) is 34.6 Å². The third-order valence-corrected chi connectivity index (χ3v) is 6.65. The largest absolute Gasteiger partial charge is 0.426 e. The highest BCUT2D eigenvalue weighted by atomic mass is 16.5. The van der Waals surface area contributed by atoms with Crippen molar-refractivity contribution in [3.05, 3.63) is 131 Å². The predicted molar refractivity (Wildman–Crippen MR) is 139 cm³/mol. The van der Waals surface area contributed by atoms with Gasteiger partial charge in [0.2, 0.25) is 0 Å². The second-order valence-electron chi connectivity index (χ2n) is 9.22. The zero-order valence-corrected chi connectivity index (χ0v) is 20.0. The number of fused-ring (bicyclic) bond motifs is 2. The molecule has 180 valence electrons. The van der Waals surface area contributed by atoms with E-state index >= 15 is 0 Å². The van der Waals surface area contributed by atoms with Crippen molar-refractivity contribution in [2.45, 2.75) is 31.6 Å². The Morgan fingerprint density at radius 1 is 0.583 bits per heavy atom. The summed E-state index contributed by atoms with van der Waals surface area (Å²) >= 11 is 0. The van der Waals surface area contributed by atoms with E-state index in [-0.39, 0.29) is 23.8 Å². The van der Waals surface area contributed by atoms with Gasteiger partial charge in [-0.15, -0.1) is 0 Å². The topological polar surface area (TPSA) is 52.6 Å². The van der Waals surface area contributed by atoms with Gasteiger partial charge in [0.25, 0.3) is 0 Å². The quantitative estimate of drug-likeness (QED) is 0.256. The van der Waals surface area contributed by atoms with E-state index in [2.05, 4.69) is 12.1 Å². The van der Waals surface area contributed by atoms with Crippen molar-refractivity contribution in [2.75, 3.05) is 0 Å². The lowest BCUT2D eigenvalue weighted by molar-refractivity contribution is -0.140. The van der Waals surface area contributed by atoms with Crippen LogP contribution < -0.4 is 9.47 Å². The van der Waals surface area contributed by atoms with Crippen LogP contribution in [0.5, 0.6) is 11.5 Å². The Kier molecular flexibility index (Phi) is 7.23. The summed E-state index contributed by atoms with van der Waals surface area (Å²) in [5, 5.41) is 0. The fraction of sp³-hybridized carbons (Fsp3) is 0.188. The van der Waals surface area contributed by atoms with Crippen LogP contribution in [0, 0.1) is 5.92 Å². The normalized spacial score (nSPS) is 18.3. The second-order valence-corrected chi connectivity index (χ2v) is 9.22. The molecule has 4 aromatic rings. The highest BCUT2D eigenvalue weighted by molar-refractivity contribution is 5.78. The van der Waals surface area contributed by atoms with Crippen LogP contribution in [0.3, 0.4) is 0 Å². The molecular formula is C32H28O4. The number of esters is 2. The SMILES string of the molecule is O=C1C[C@H](c2ccccc2)Cc2ccccc2O1.O=C1Oc2ccccc2C[C@@H]1Cc1ccccc1. The molecule has 2 heterocycles. The van der Waals surface area contributed by atoms with Gasteiger partial charge in [0.1, 0.15) is 11.5 Å². The van der Waals surface area contributed by atoms with Crippen LogP contribution in [-0.4, -0.2) is 11.9 Å². The highest BCUT2D eigenvalue weighted by Gasteiger charge is 2.28. The van der Waals surface area contributed by atoms with Crippen molar-refractivity contribution in [3.8, 4) is 11.5 Å². The summed E-state index contributed by atoms with van der Waals surface area (Å²) in [6.07, 6.45) is 2.81. The number of benzene rings is 4. The lowest BCUT2D eigenvalue weighted by Gasteiger charge is -2.23. The lowest BCUT2D eigenvalue weighted by atomic mass is 9.90. The van der Waals surface area contributed by atoms with Gasteiger partial charge in [0.05, 0.1) is 12.3 Å². The summed E-state index contributed by atoms with van der Waals surface area (Å²) in [6, 6.07) is 35.8. The Balaban J connectivity index is 0.000000148. The average molecular weight is 477 g/mol. The van der Waals surface area contributed by atoms with Gasteiger partial charge < -0.3 is 9.47 Å². The van der Waals surface area contributed by atoms with Crippen LogP contribution in [0.15, 0.2) is 109 Å². The Morgan fingerprint density at radius 2 is 1.14 bits per heavy atom. The van der Waals surface area contributed by atoms with Gasteiger partial charge in [0.15, 0.2) is 0 Å². The van der Waals surface area contributed by atoms with Crippen LogP contribution >= 0.6 is 0 Å². The van der Waals surface area contributed by atoms with Crippen LogP contribution in [0.2, 0.25) is 0 Å². The third kappa shape index (κ3) is 5.72. The van der Waals surface area contributed by atoms with E-state index in [0.717, 1.165) is 30.4 Å². The monoisotopic (exact) mass is 476 g/mol. The summed E-state index contributed by atoms with van der Waals surface area (Å²) in [4.78, 5) is 23.7. The van der Waals surface area contributed by atoms with Crippen LogP contribution in [-0.2, 0) is 28.9 Å². The van der Waals surface area contributed by atoms with E-state index in [1.54, 1.807) is 0 Å². The maximum atomic E-state index is 11.9. The predicted octanol–water partition coefficient (Wildman–Crippen LogP) is 6.33. The Hall–Kier alpha value is -4.18. The molecule has 0 saturated heterocycles. The Labute approximate surface area is 211 Å². The maximum absolute atomic E-state index is 11.9. The molecule has 0 radical (unpaired) electrons. The van der Waals surface area contributed by atoms with E-state index in [4.69, 9.17) is 9.47 Å². The third-order valence-electron chi connectivity index (χ3n) is 6.65. The van der Waals surface area contributed by atoms with Crippen molar-refractivity contribution >= 4 is 11.9 Å². The summed E-state index contributed by atoms with van der Waals surface area (Å²) in [6.45, 7) is 0. The van der Waals surface area contributed by atoms with E-state index in [0.29, 0.717) is 17.9 Å². The van der Waals surface area contributed by atoms with Crippen molar-refractivity contribution in [1.82, 2.24) is 0 Å². The van der Waals surface area contributed by atoms with Gasteiger partial charge in [-0.25, -0.2) is 0 Å². The standard InChI is InChI=1S/2C16H14O2/c17-16-11-14(12-6-2-1-3-7-12)10-13-8-4-5-9-15(13)18-16;17-16-14(10-12-6-2-1-3-7-12)11-13-8-4-5-9-15(13)18-16/h2*1-9,14H,10-11H2/t2*14-/m10/s1. The first-order valence-corrected chi connectivity index (χ1v) is 12.3. The van der Waals surface area contributed by atoms with Crippen molar-refractivity contribution < 1.29 is 19.1 Å². The van der Waals surface area contributed by atoms with E-state index in [1.807, 2.05) is 97.1 Å². The molecule has 0 amide bonds.